The fourth-order valence-corrected chi connectivity index (χ4v) is 2.00. The van der Waals surface area contributed by atoms with Crippen LogP contribution in [0.4, 0.5) is 5.69 Å². The van der Waals surface area contributed by atoms with Gasteiger partial charge in [0.25, 0.3) is 0 Å². The molecule has 9 nitrogen and oxygen atoms in total. The van der Waals surface area contributed by atoms with Gasteiger partial charge in [-0.15, -0.1) is 0 Å². The lowest BCUT2D eigenvalue weighted by Gasteiger charge is -2.39. The minimum absolute atomic E-state index is 0.160. The van der Waals surface area contributed by atoms with E-state index in [4.69, 9.17) is 14.6 Å². The number of benzene rings is 1. The molecule has 1 unspecified atom stereocenters. The van der Waals surface area contributed by atoms with E-state index < -0.39 is 42.2 Å². The van der Waals surface area contributed by atoms with Crippen molar-refractivity contribution in [3.05, 3.63) is 34.4 Å². The zero-order chi connectivity index (χ0) is 15.6. The molecule has 9 heteroatoms. The highest BCUT2D eigenvalue weighted by Crippen LogP contribution is 2.30. The number of nitrogens with zero attached hydrogens (tertiary/aromatic N) is 1. The molecule has 1 heterocycles. The van der Waals surface area contributed by atoms with Crippen LogP contribution in [0.1, 0.15) is 0 Å². The molecule has 21 heavy (non-hydrogen) atoms. The predicted octanol–water partition coefficient (Wildman–Crippen LogP) is -1.23. The molecule has 0 amide bonds. The number of rotatable bonds is 4. The summed E-state index contributed by atoms with van der Waals surface area (Å²) in [5.41, 5.74) is -0.338. The van der Waals surface area contributed by atoms with Crippen molar-refractivity contribution in [1.29, 1.82) is 0 Å². The number of hydrogen-bond donors (Lipinski definition) is 4. The summed E-state index contributed by atoms with van der Waals surface area (Å²) in [6.07, 6.45) is -7.35. The summed E-state index contributed by atoms with van der Waals surface area (Å²) >= 11 is 0. The number of aliphatic hydroxyl groups excluding tert-OH is 4. The zero-order valence-corrected chi connectivity index (χ0v) is 10.8. The van der Waals surface area contributed by atoms with E-state index in [-0.39, 0.29) is 11.4 Å². The second-order valence-corrected chi connectivity index (χ2v) is 4.54. The lowest BCUT2D eigenvalue weighted by molar-refractivity contribution is -0.387. The van der Waals surface area contributed by atoms with Crippen LogP contribution in [0.2, 0.25) is 0 Å². The molecule has 4 N–H and O–H groups in total. The fraction of sp³-hybridized carbons (Fsp3) is 0.500. The Labute approximate surface area is 119 Å². The van der Waals surface area contributed by atoms with Gasteiger partial charge < -0.3 is 29.9 Å². The molecule has 1 fully saturated rings. The number of nitro benzene ring substituents is 1. The Bertz CT molecular complexity index is 508. The van der Waals surface area contributed by atoms with Crippen LogP contribution in [0.15, 0.2) is 24.3 Å². The summed E-state index contributed by atoms with van der Waals surface area (Å²) in [6.45, 7) is -0.609. The van der Waals surface area contributed by atoms with Gasteiger partial charge in [-0.3, -0.25) is 10.1 Å². The molecule has 5 atom stereocenters. The van der Waals surface area contributed by atoms with Gasteiger partial charge in [0, 0.05) is 6.07 Å². The SMILES string of the molecule is O=[N+]([O-])c1ccccc1OC1O[C@H](CO)[C@@H](O)[C@H](O)[C@H]1O. The minimum atomic E-state index is -1.62. The predicted molar refractivity (Wildman–Crippen MR) is 67.5 cm³/mol. The van der Waals surface area contributed by atoms with Gasteiger partial charge in [0.1, 0.15) is 24.4 Å². The molecule has 1 aromatic rings. The van der Waals surface area contributed by atoms with E-state index in [9.17, 15) is 25.4 Å². The summed E-state index contributed by atoms with van der Waals surface area (Å²) in [5.74, 6) is -0.160. The topological polar surface area (TPSA) is 143 Å². The zero-order valence-electron chi connectivity index (χ0n) is 10.8. The van der Waals surface area contributed by atoms with Gasteiger partial charge in [0.15, 0.2) is 5.75 Å². The van der Waals surface area contributed by atoms with E-state index in [2.05, 4.69) is 0 Å². The molecule has 0 saturated carbocycles. The molecular formula is C12H15NO8. The van der Waals surface area contributed by atoms with Crippen molar-refractivity contribution in [2.24, 2.45) is 0 Å². The molecule has 1 saturated heterocycles. The summed E-state index contributed by atoms with van der Waals surface area (Å²) in [6, 6.07) is 5.45. The third-order valence-corrected chi connectivity index (χ3v) is 3.15. The standard InChI is InChI=1S/C12H15NO8/c14-5-8-9(15)10(16)11(17)12(21-8)20-7-4-2-1-3-6(7)13(18)19/h1-4,8-12,14-17H,5H2/t8-,9-,10+,11-,12?/m1/s1. The smallest absolute Gasteiger partial charge is 0.311 e. The molecule has 2 rings (SSSR count). The van der Waals surface area contributed by atoms with Gasteiger partial charge in [-0.25, -0.2) is 0 Å². The minimum Gasteiger partial charge on any atom is -0.455 e. The quantitative estimate of drug-likeness (QED) is 0.400. The molecule has 0 aliphatic carbocycles. The van der Waals surface area contributed by atoms with E-state index in [0.717, 1.165) is 0 Å². The number of nitro groups is 1. The molecule has 1 aromatic carbocycles. The maximum absolute atomic E-state index is 10.9. The van der Waals surface area contributed by atoms with E-state index in [1.165, 1.54) is 24.3 Å². The maximum Gasteiger partial charge on any atom is 0.311 e. The monoisotopic (exact) mass is 301 g/mol. The van der Waals surface area contributed by atoms with Crippen LogP contribution >= 0.6 is 0 Å². The Kier molecular flexibility index (Phi) is 4.70. The van der Waals surface area contributed by atoms with Crippen molar-refractivity contribution in [2.45, 2.75) is 30.7 Å². The number of para-hydroxylation sites is 2. The van der Waals surface area contributed by atoms with Gasteiger partial charge in [0.05, 0.1) is 11.5 Å². The fourth-order valence-electron chi connectivity index (χ4n) is 2.00. The Hall–Kier alpha value is -1.78. The van der Waals surface area contributed by atoms with Crippen LogP contribution in [0.25, 0.3) is 0 Å². The normalized spacial score (nSPS) is 32.7. The number of ether oxygens (including phenoxy) is 2. The molecular weight excluding hydrogens is 286 g/mol. The first-order chi connectivity index (χ1) is 9.95. The lowest BCUT2D eigenvalue weighted by Crippen LogP contribution is -2.60. The first kappa shape index (κ1) is 15.6. The van der Waals surface area contributed by atoms with Gasteiger partial charge in [-0.2, -0.15) is 0 Å². The van der Waals surface area contributed by atoms with E-state index in [0.29, 0.717) is 0 Å². The lowest BCUT2D eigenvalue weighted by atomic mass is 9.99. The third-order valence-electron chi connectivity index (χ3n) is 3.15. The molecule has 0 spiro atoms. The van der Waals surface area contributed by atoms with Crippen LogP contribution in [0, 0.1) is 10.1 Å². The third kappa shape index (κ3) is 3.12. The van der Waals surface area contributed by atoms with Crippen LogP contribution in [0.5, 0.6) is 5.75 Å². The van der Waals surface area contributed by atoms with Crippen LogP contribution in [0.3, 0.4) is 0 Å². The van der Waals surface area contributed by atoms with Crippen LogP contribution in [-0.2, 0) is 4.74 Å². The van der Waals surface area contributed by atoms with Crippen LogP contribution in [-0.4, -0.2) is 62.7 Å². The molecule has 0 radical (unpaired) electrons. The first-order valence-electron chi connectivity index (χ1n) is 6.16. The van der Waals surface area contributed by atoms with Gasteiger partial charge in [-0.05, 0) is 6.07 Å². The summed E-state index contributed by atoms with van der Waals surface area (Å²) in [4.78, 5) is 10.2. The largest absolute Gasteiger partial charge is 0.455 e. The highest BCUT2D eigenvalue weighted by atomic mass is 16.7. The molecule has 0 bridgehead atoms. The van der Waals surface area contributed by atoms with E-state index in [1.54, 1.807) is 0 Å². The highest BCUT2D eigenvalue weighted by Gasteiger charge is 2.45. The average molecular weight is 301 g/mol. The average Bonchev–Trinajstić information content (AvgIpc) is 2.48. The van der Waals surface area contributed by atoms with Crippen molar-refractivity contribution in [2.75, 3.05) is 6.61 Å². The Morgan fingerprint density at radius 2 is 1.86 bits per heavy atom. The second-order valence-electron chi connectivity index (χ2n) is 4.54. The van der Waals surface area contributed by atoms with Crippen molar-refractivity contribution >= 4 is 5.69 Å². The van der Waals surface area contributed by atoms with E-state index >= 15 is 0 Å². The second kappa shape index (κ2) is 6.33. The number of hydrogen-bond acceptors (Lipinski definition) is 8. The highest BCUT2D eigenvalue weighted by molar-refractivity contribution is 5.45. The van der Waals surface area contributed by atoms with Crippen molar-refractivity contribution in [3.63, 3.8) is 0 Å². The van der Waals surface area contributed by atoms with E-state index in [1.807, 2.05) is 0 Å². The van der Waals surface area contributed by atoms with Gasteiger partial charge in [0.2, 0.25) is 6.29 Å². The summed E-state index contributed by atoms with van der Waals surface area (Å²) in [7, 11) is 0. The Morgan fingerprint density at radius 1 is 1.19 bits per heavy atom. The Balaban J connectivity index is 2.20. The van der Waals surface area contributed by atoms with Crippen LogP contribution < -0.4 is 4.74 Å². The first-order valence-corrected chi connectivity index (χ1v) is 6.16. The maximum atomic E-state index is 10.9. The van der Waals surface area contributed by atoms with Crippen molar-refractivity contribution in [1.82, 2.24) is 0 Å². The molecule has 0 aromatic heterocycles. The van der Waals surface area contributed by atoms with Crippen molar-refractivity contribution in [3.8, 4) is 5.75 Å². The van der Waals surface area contributed by atoms with Gasteiger partial charge in [-0.1, -0.05) is 12.1 Å². The summed E-state index contributed by atoms with van der Waals surface area (Å²) < 4.78 is 10.3. The molecule has 1 aliphatic rings. The Morgan fingerprint density at radius 3 is 2.48 bits per heavy atom. The van der Waals surface area contributed by atoms with Crippen molar-refractivity contribution < 1.29 is 34.8 Å². The number of aliphatic hydroxyl groups is 4. The molecule has 116 valence electrons. The van der Waals surface area contributed by atoms with Gasteiger partial charge >= 0.3 is 5.69 Å². The molecule has 1 aliphatic heterocycles. The summed E-state index contributed by atoms with van der Waals surface area (Å²) in [5, 5.41) is 49.0.